The number of nitrogens with zero attached hydrogens (tertiary/aromatic N) is 1. The maximum Gasteiger partial charge on any atom is 0.431 e. The molecule has 0 aliphatic carbocycles. The van der Waals surface area contributed by atoms with Crippen molar-refractivity contribution in [3.8, 4) is 6.07 Å². The summed E-state index contributed by atoms with van der Waals surface area (Å²) in [6.45, 7) is 0. The fraction of sp³-hybridized carbons (Fsp3) is 0.857. The molecular weight excluding hydrogens is 295 g/mol. The largest absolute Gasteiger partial charge is 0.431 e. The average molecular weight is 301 g/mol. The maximum atomic E-state index is 13.0. The van der Waals surface area contributed by atoms with E-state index in [-0.39, 0.29) is 0 Å². The summed E-state index contributed by atoms with van der Waals surface area (Å²) in [4.78, 5) is 0. The zero-order chi connectivity index (χ0) is 14.8. The number of alkyl halides is 7. The summed E-state index contributed by atoms with van der Waals surface area (Å²) in [5.41, 5.74) is -5.61. The van der Waals surface area contributed by atoms with Gasteiger partial charge in [-0.25, -0.2) is 12.8 Å². The van der Waals surface area contributed by atoms with Gasteiger partial charge in [-0.15, -0.1) is 0 Å². The molecule has 0 aromatic rings. The van der Waals surface area contributed by atoms with Gasteiger partial charge in [-0.05, 0) is 0 Å². The van der Waals surface area contributed by atoms with Crippen molar-refractivity contribution in [3.05, 3.63) is 0 Å². The molecule has 0 fully saturated rings. The van der Waals surface area contributed by atoms with Crippen LogP contribution < -0.4 is 0 Å². The fourth-order valence-corrected chi connectivity index (χ4v) is 1.84. The number of halogens is 7. The SMILES string of the molecule is N#CCS(=O)(=O)CCC(F)(C(F)(F)F)C(F)(F)F. The van der Waals surface area contributed by atoms with Gasteiger partial charge in [0.2, 0.25) is 0 Å². The molecule has 0 rings (SSSR count). The van der Waals surface area contributed by atoms with E-state index >= 15 is 0 Å². The van der Waals surface area contributed by atoms with Crippen molar-refractivity contribution < 1.29 is 39.2 Å². The van der Waals surface area contributed by atoms with Crippen molar-refractivity contribution in [3.63, 3.8) is 0 Å². The van der Waals surface area contributed by atoms with Crippen LogP contribution in [-0.2, 0) is 9.84 Å². The molecule has 18 heavy (non-hydrogen) atoms. The molecule has 0 aromatic carbocycles. The van der Waals surface area contributed by atoms with E-state index in [2.05, 4.69) is 0 Å². The van der Waals surface area contributed by atoms with Gasteiger partial charge < -0.3 is 0 Å². The number of hydrogen-bond acceptors (Lipinski definition) is 3. The first kappa shape index (κ1) is 16.9. The molecular formula is C7H6F7NO2S. The average Bonchev–Trinajstić information content (AvgIpc) is 2.10. The number of rotatable bonds is 4. The van der Waals surface area contributed by atoms with Crippen LogP contribution >= 0.6 is 0 Å². The van der Waals surface area contributed by atoms with Gasteiger partial charge in [0.1, 0.15) is 5.75 Å². The maximum absolute atomic E-state index is 13.0. The second-order valence-corrected chi connectivity index (χ2v) is 5.48. The molecule has 0 aliphatic heterocycles. The molecule has 0 N–H and O–H groups in total. The number of sulfone groups is 1. The molecule has 3 nitrogen and oxygen atoms in total. The highest BCUT2D eigenvalue weighted by Gasteiger charge is 2.72. The molecule has 0 spiro atoms. The van der Waals surface area contributed by atoms with Crippen LogP contribution in [0.25, 0.3) is 0 Å². The molecule has 0 heterocycles. The van der Waals surface area contributed by atoms with Crippen LogP contribution in [0.4, 0.5) is 30.7 Å². The van der Waals surface area contributed by atoms with Crippen LogP contribution in [0.3, 0.4) is 0 Å². The van der Waals surface area contributed by atoms with E-state index in [4.69, 9.17) is 5.26 Å². The monoisotopic (exact) mass is 301 g/mol. The predicted molar refractivity (Wildman–Crippen MR) is 44.8 cm³/mol. The Labute approximate surface area is 97.1 Å². The third kappa shape index (κ3) is 3.72. The molecule has 11 heteroatoms. The summed E-state index contributed by atoms with van der Waals surface area (Å²) in [7, 11) is -4.49. The van der Waals surface area contributed by atoms with Crippen LogP contribution in [0.15, 0.2) is 0 Å². The zero-order valence-electron chi connectivity index (χ0n) is 8.44. The molecule has 0 unspecified atom stereocenters. The van der Waals surface area contributed by atoms with Crippen LogP contribution in [0, 0.1) is 11.3 Å². The highest BCUT2D eigenvalue weighted by molar-refractivity contribution is 7.91. The summed E-state index contributed by atoms with van der Waals surface area (Å²) in [6.07, 6.45) is -14.9. The summed E-state index contributed by atoms with van der Waals surface area (Å²) in [6, 6.07) is 1.05. The van der Waals surface area contributed by atoms with Crippen LogP contribution in [0.2, 0.25) is 0 Å². The Morgan fingerprint density at radius 1 is 0.944 bits per heavy atom. The van der Waals surface area contributed by atoms with Crippen LogP contribution in [0.1, 0.15) is 6.42 Å². The normalized spacial score (nSPS) is 14.3. The van der Waals surface area contributed by atoms with Crippen molar-refractivity contribution in [2.24, 2.45) is 0 Å². The Bertz CT molecular complexity index is 416. The third-order valence-electron chi connectivity index (χ3n) is 1.94. The van der Waals surface area contributed by atoms with Gasteiger partial charge in [-0.2, -0.15) is 31.6 Å². The van der Waals surface area contributed by atoms with E-state index < -0.39 is 45.8 Å². The summed E-state index contributed by atoms with van der Waals surface area (Å²) in [5.74, 6) is -3.01. The van der Waals surface area contributed by atoms with Gasteiger partial charge in [0, 0.05) is 6.42 Å². The van der Waals surface area contributed by atoms with E-state index in [9.17, 15) is 39.2 Å². The third-order valence-corrected chi connectivity index (χ3v) is 3.34. The van der Waals surface area contributed by atoms with Crippen molar-refractivity contribution in [2.75, 3.05) is 11.5 Å². The van der Waals surface area contributed by atoms with Crippen molar-refractivity contribution in [2.45, 2.75) is 24.4 Å². The highest BCUT2D eigenvalue weighted by Crippen LogP contribution is 2.48. The Balaban J connectivity index is 5.17. The Morgan fingerprint density at radius 2 is 1.33 bits per heavy atom. The summed E-state index contributed by atoms with van der Waals surface area (Å²) in [5, 5.41) is 7.98. The molecule has 0 aliphatic rings. The topological polar surface area (TPSA) is 57.9 Å². The Kier molecular flexibility index (Phi) is 4.62. The molecule has 0 radical (unpaired) electrons. The van der Waals surface area contributed by atoms with Gasteiger partial charge in [-0.3, -0.25) is 0 Å². The van der Waals surface area contributed by atoms with Crippen molar-refractivity contribution >= 4 is 9.84 Å². The van der Waals surface area contributed by atoms with Crippen molar-refractivity contribution in [1.82, 2.24) is 0 Å². The quantitative estimate of drug-likeness (QED) is 0.748. The summed E-state index contributed by atoms with van der Waals surface area (Å²) >= 11 is 0. The first-order valence-corrected chi connectivity index (χ1v) is 5.99. The van der Waals surface area contributed by atoms with E-state index in [0.717, 1.165) is 6.07 Å². The minimum absolute atomic E-state index is 1.05. The Hall–Kier alpha value is -1.05. The van der Waals surface area contributed by atoms with Crippen molar-refractivity contribution in [1.29, 1.82) is 5.26 Å². The lowest BCUT2D eigenvalue weighted by Gasteiger charge is -2.29. The van der Waals surface area contributed by atoms with Gasteiger partial charge in [-0.1, -0.05) is 0 Å². The van der Waals surface area contributed by atoms with Gasteiger partial charge in [0.15, 0.2) is 9.84 Å². The predicted octanol–water partition coefficient (Wildman–Crippen LogP) is 2.15. The van der Waals surface area contributed by atoms with Gasteiger partial charge in [0.25, 0.3) is 5.67 Å². The van der Waals surface area contributed by atoms with Crippen LogP contribution in [-0.4, -0.2) is 37.9 Å². The minimum atomic E-state index is -6.28. The molecule has 0 saturated carbocycles. The molecule has 0 bridgehead atoms. The second kappa shape index (κ2) is 4.91. The molecule has 0 atom stereocenters. The van der Waals surface area contributed by atoms with Crippen LogP contribution in [0.5, 0.6) is 0 Å². The summed E-state index contributed by atoms with van der Waals surface area (Å²) < 4.78 is 107. The molecule has 0 aromatic heterocycles. The molecule has 0 amide bonds. The standard InChI is InChI=1S/C7H6F7NO2S/c8-5(6(9,10)11,7(12,13)14)1-3-18(16,17)4-2-15/h1,3-4H2. The first-order chi connectivity index (χ1) is 7.77. The molecule has 0 saturated heterocycles. The van der Waals surface area contributed by atoms with Gasteiger partial charge in [0.05, 0.1) is 11.8 Å². The lowest BCUT2D eigenvalue weighted by molar-refractivity contribution is -0.341. The molecule has 106 valence electrons. The number of nitriles is 1. The van der Waals surface area contributed by atoms with Gasteiger partial charge >= 0.3 is 12.4 Å². The van der Waals surface area contributed by atoms with E-state index in [1.165, 1.54) is 0 Å². The van der Waals surface area contributed by atoms with E-state index in [1.54, 1.807) is 0 Å². The Morgan fingerprint density at radius 3 is 1.61 bits per heavy atom. The highest BCUT2D eigenvalue weighted by atomic mass is 32.2. The van der Waals surface area contributed by atoms with E-state index in [0.29, 0.717) is 0 Å². The smallest absolute Gasteiger partial charge is 0.228 e. The number of hydrogen-bond donors (Lipinski definition) is 0. The lowest BCUT2D eigenvalue weighted by Crippen LogP contribution is -2.54. The first-order valence-electron chi connectivity index (χ1n) is 4.16. The zero-order valence-corrected chi connectivity index (χ0v) is 9.26. The lowest BCUT2D eigenvalue weighted by atomic mass is 10.0. The second-order valence-electron chi connectivity index (χ2n) is 3.30. The minimum Gasteiger partial charge on any atom is -0.228 e. The van der Waals surface area contributed by atoms with E-state index in [1.807, 2.05) is 0 Å². The fourth-order valence-electron chi connectivity index (χ4n) is 0.911.